The summed E-state index contributed by atoms with van der Waals surface area (Å²) in [5.41, 5.74) is 2.50. The number of rotatable bonds is 2. The van der Waals surface area contributed by atoms with Gasteiger partial charge in [-0.1, -0.05) is 0 Å². The molecule has 1 aliphatic carbocycles. The summed E-state index contributed by atoms with van der Waals surface area (Å²) >= 11 is 0. The third-order valence-corrected chi connectivity index (χ3v) is 2.58. The maximum atomic E-state index is 11.3. The zero-order chi connectivity index (χ0) is 10.1. The van der Waals surface area contributed by atoms with Gasteiger partial charge in [-0.05, 0) is 49.4 Å². The molecule has 0 radical (unpaired) electrons. The lowest BCUT2D eigenvalue weighted by atomic mass is 9.98. The molecule has 0 spiro atoms. The predicted molar refractivity (Wildman–Crippen MR) is 53.1 cm³/mol. The van der Waals surface area contributed by atoms with E-state index >= 15 is 0 Å². The number of carbonyl (C=O) groups excluding carboxylic acids is 1. The van der Waals surface area contributed by atoms with Gasteiger partial charge in [0.05, 0.1) is 11.6 Å². The van der Waals surface area contributed by atoms with E-state index in [1.54, 1.807) is 19.1 Å². The second kappa shape index (κ2) is 3.26. The molecule has 0 amide bonds. The van der Waals surface area contributed by atoms with Crippen LogP contribution in [0.25, 0.3) is 0 Å². The lowest BCUT2D eigenvalue weighted by Crippen LogP contribution is -1.98. The van der Waals surface area contributed by atoms with Crippen molar-refractivity contribution in [2.75, 3.05) is 0 Å². The van der Waals surface area contributed by atoms with Crippen LogP contribution >= 0.6 is 0 Å². The molecule has 0 aliphatic heterocycles. The van der Waals surface area contributed by atoms with Gasteiger partial charge in [0.1, 0.15) is 0 Å². The van der Waals surface area contributed by atoms with E-state index in [1.165, 1.54) is 0 Å². The van der Waals surface area contributed by atoms with Crippen LogP contribution < -0.4 is 0 Å². The molecule has 1 fully saturated rings. The SMILES string of the molecule is CC(=O)c1ccc(C#N)cc1C1CC1. The predicted octanol–water partition coefficient (Wildman–Crippen LogP) is 2.64. The van der Waals surface area contributed by atoms with Gasteiger partial charge >= 0.3 is 0 Å². The maximum Gasteiger partial charge on any atom is 0.160 e. The topological polar surface area (TPSA) is 40.9 Å². The van der Waals surface area contributed by atoms with Gasteiger partial charge in [0.2, 0.25) is 0 Å². The summed E-state index contributed by atoms with van der Waals surface area (Å²) in [6.07, 6.45) is 2.30. The van der Waals surface area contributed by atoms with Crippen LogP contribution in [0.3, 0.4) is 0 Å². The molecule has 1 saturated carbocycles. The van der Waals surface area contributed by atoms with Crippen LogP contribution in [0.4, 0.5) is 0 Å². The molecular formula is C12H11NO. The smallest absolute Gasteiger partial charge is 0.160 e. The Hall–Kier alpha value is -1.62. The Kier molecular flexibility index (Phi) is 2.09. The van der Waals surface area contributed by atoms with Crippen LogP contribution in [-0.4, -0.2) is 5.78 Å². The van der Waals surface area contributed by atoms with Crippen LogP contribution in [-0.2, 0) is 0 Å². The van der Waals surface area contributed by atoms with Crippen molar-refractivity contribution in [3.63, 3.8) is 0 Å². The van der Waals surface area contributed by atoms with Crippen molar-refractivity contribution < 1.29 is 4.79 Å². The van der Waals surface area contributed by atoms with Crippen molar-refractivity contribution in [1.82, 2.24) is 0 Å². The number of Topliss-reactive ketones (excluding diaryl/α,β-unsaturated/α-hetero) is 1. The molecule has 0 heterocycles. The second-order valence-corrected chi connectivity index (χ2v) is 3.74. The van der Waals surface area contributed by atoms with E-state index in [0.29, 0.717) is 11.5 Å². The summed E-state index contributed by atoms with van der Waals surface area (Å²) in [4.78, 5) is 11.3. The summed E-state index contributed by atoms with van der Waals surface area (Å²) in [6, 6.07) is 7.44. The van der Waals surface area contributed by atoms with Crippen molar-refractivity contribution in [3.05, 3.63) is 34.9 Å². The molecule has 2 heteroatoms. The zero-order valence-electron chi connectivity index (χ0n) is 8.08. The highest BCUT2D eigenvalue weighted by molar-refractivity contribution is 5.96. The molecule has 2 rings (SSSR count). The van der Waals surface area contributed by atoms with Gasteiger partial charge in [-0.25, -0.2) is 0 Å². The molecule has 0 saturated heterocycles. The van der Waals surface area contributed by atoms with Gasteiger partial charge in [-0.2, -0.15) is 5.26 Å². The Balaban J connectivity index is 2.50. The third-order valence-electron chi connectivity index (χ3n) is 2.58. The first kappa shape index (κ1) is 8.96. The summed E-state index contributed by atoms with van der Waals surface area (Å²) in [5.74, 6) is 0.610. The van der Waals surface area contributed by atoms with Gasteiger partial charge in [0.15, 0.2) is 5.78 Å². The first-order valence-electron chi connectivity index (χ1n) is 4.77. The highest BCUT2D eigenvalue weighted by atomic mass is 16.1. The molecule has 2 nitrogen and oxygen atoms in total. The lowest BCUT2D eigenvalue weighted by molar-refractivity contribution is 0.101. The van der Waals surface area contributed by atoms with Crippen LogP contribution in [0.1, 0.15) is 47.2 Å². The molecule has 1 aromatic rings. The fourth-order valence-electron chi connectivity index (χ4n) is 1.68. The Morgan fingerprint density at radius 3 is 2.71 bits per heavy atom. The molecule has 0 bridgehead atoms. The summed E-state index contributed by atoms with van der Waals surface area (Å²) in [6.45, 7) is 1.58. The van der Waals surface area contributed by atoms with E-state index in [0.717, 1.165) is 24.0 Å². The number of nitrogens with zero attached hydrogens (tertiary/aromatic N) is 1. The van der Waals surface area contributed by atoms with E-state index in [1.807, 2.05) is 6.07 Å². The van der Waals surface area contributed by atoms with Gasteiger partial charge in [-0.15, -0.1) is 0 Å². The molecular weight excluding hydrogens is 174 g/mol. The second-order valence-electron chi connectivity index (χ2n) is 3.74. The first-order chi connectivity index (χ1) is 6.72. The minimum Gasteiger partial charge on any atom is -0.295 e. The molecule has 70 valence electrons. The van der Waals surface area contributed by atoms with Gasteiger partial charge in [0.25, 0.3) is 0 Å². The van der Waals surface area contributed by atoms with Crippen molar-refractivity contribution in [3.8, 4) is 6.07 Å². The van der Waals surface area contributed by atoms with E-state index in [2.05, 4.69) is 6.07 Å². The van der Waals surface area contributed by atoms with Crippen LogP contribution in [0, 0.1) is 11.3 Å². The Bertz CT molecular complexity index is 424. The van der Waals surface area contributed by atoms with E-state index in [9.17, 15) is 4.79 Å². The number of ketones is 1. The molecule has 0 unspecified atom stereocenters. The highest BCUT2D eigenvalue weighted by Crippen LogP contribution is 2.42. The van der Waals surface area contributed by atoms with Crippen molar-refractivity contribution in [2.45, 2.75) is 25.7 Å². The highest BCUT2D eigenvalue weighted by Gasteiger charge is 2.27. The zero-order valence-corrected chi connectivity index (χ0v) is 8.08. The molecule has 0 atom stereocenters. The minimum atomic E-state index is 0.0939. The normalized spacial score (nSPS) is 14.9. The molecule has 0 aromatic heterocycles. The number of benzene rings is 1. The van der Waals surface area contributed by atoms with Crippen molar-refractivity contribution >= 4 is 5.78 Å². The fraction of sp³-hybridized carbons (Fsp3) is 0.333. The van der Waals surface area contributed by atoms with E-state index < -0.39 is 0 Å². The number of carbonyl (C=O) groups is 1. The van der Waals surface area contributed by atoms with Crippen LogP contribution in [0.15, 0.2) is 18.2 Å². The Morgan fingerprint density at radius 2 is 2.21 bits per heavy atom. The van der Waals surface area contributed by atoms with Crippen molar-refractivity contribution in [1.29, 1.82) is 5.26 Å². The number of nitriles is 1. The third kappa shape index (κ3) is 1.54. The molecule has 1 aliphatic rings. The minimum absolute atomic E-state index is 0.0939. The number of hydrogen-bond acceptors (Lipinski definition) is 2. The molecule has 14 heavy (non-hydrogen) atoms. The maximum absolute atomic E-state index is 11.3. The Labute approximate surface area is 83.2 Å². The van der Waals surface area contributed by atoms with E-state index in [4.69, 9.17) is 5.26 Å². The fourth-order valence-corrected chi connectivity index (χ4v) is 1.68. The number of hydrogen-bond donors (Lipinski definition) is 0. The summed E-state index contributed by atoms with van der Waals surface area (Å²) in [7, 11) is 0. The monoisotopic (exact) mass is 185 g/mol. The van der Waals surface area contributed by atoms with Crippen molar-refractivity contribution in [2.24, 2.45) is 0 Å². The lowest BCUT2D eigenvalue weighted by Gasteiger charge is -2.05. The summed E-state index contributed by atoms with van der Waals surface area (Å²) < 4.78 is 0. The quantitative estimate of drug-likeness (QED) is 0.664. The van der Waals surface area contributed by atoms with E-state index in [-0.39, 0.29) is 5.78 Å². The van der Waals surface area contributed by atoms with Gasteiger partial charge < -0.3 is 0 Å². The average molecular weight is 185 g/mol. The standard InChI is InChI=1S/C12H11NO/c1-8(14)11-5-2-9(7-13)6-12(11)10-3-4-10/h2,5-6,10H,3-4H2,1H3. The first-order valence-corrected chi connectivity index (χ1v) is 4.77. The van der Waals surface area contributed by atoms with Gasteiger partial charge in [0, 0.05) is 5.56 Å². The molecule has 1 aromatic carbocycles. The van der Waals surface area contributed by atoms with Crippen LogP contribution in [0.2, 0.25) is 0 Å². The molecule has 0 N–H and O–H groups in total. The van der Waals surface area contributed by atoms with Gasteiger partial charge in [-0.3, -0.25) is 4.79 Å². The summed E-state index contributed by atoms with van der Waals surface area (Å²) in [5, 5.41) is 8.76. The largest absolute Gasteiger partial charge is 0.295 e. The Morgan fingerprint density at radius 1 is 1.50 bits per heavy atom. The average Bonchev–Trinajstić information content (AvgIpc) is 3.00. The van der Waals surface area contributed by atoms with Crippen LogP contribution in [0.5, 0.6) is 0 Å².